The lowest BCUT2D eigenvalue weighted by atomic mass is 10.0. The van der Waals surface area contributed by atoms with Gasteiger partial charge in [-0.1, -0.05) is 36.4 Å². The zero-order chi connectivity index (χ0) is 18.9. The van der Waals surface area contributed by atoms with Crippen LogP contribution in [0, 0.1) is 10.1 Å². The maximum Gasteiger partial charge on any atom is 0.433 e. The number of likely N-dealkylation sites (N-methyl/N-ethyl adjacent to an activating group) is 1. The highest BCUT2D eigenvalue weighted by molar-refractivity contribution is 5.92. The Kier molecular flexibility index (Phi) is 6.67. The summed E-state index contributed by atoms with van der Waals surface area (Å²) in [4.78, 5) is 33.6. The summed E-state index contributed by atoms with van der Waals surface area (Å²) in [7, 11) is 1.51. The van der Waals surface area contributed by atoms with E-state index in [9.17, 15) is 19.7 Å². The summed E-state index contributed by atoms with van der Waals surface area (Å²) in [6, 6.07) is 11.6. The monoisotopic (exact) mass is 357 g/mol. The zero-order valence-corrected chi connectivity index (χ0v) is 14.2. The Bertz CT molecular complexity index is 798. The highest BCUT2D eigenvalue weighted by Gasteiger charge is 2.19. The van der Waals surface area contributed by atoms with E-state index in [1.165, 1.54) is 19.2 Å². The highest BCUT2D eigenvalue weighted by Crippen LogP contribution is 2.16. The van der Waals surface area contributed by atoms with Crippen molar-refractivity contribution < 1.29 is 18.9 Å². The molecule has 2 amide bonds. The number of rotatable bonds is 8. The van der Waals surface area contributed by atoms with Crippen molar-refractivity contribution in [2.75, 3.05) is 7.05 Å². The Balaban J connectivity index is 2.06. The van der Waals surface area contributed by atoms with Crippen molar-refractivity contribution in [2.45, 2.75) is 18.9 Å². The number of nitro groups is 1. The molecule has 0 radical (unpaired) electrons. The molecule has 0 aliphatic carbocycles. The minimum absolute atomic E-state index is 0.158. The fraction of sp³-hybridized carbons (Fsp3) is 0.222. The third-order valence-corrected chi connectivity index (χ3v) is 3.63. The van der Waals surface area contributed by atoms with Gasteiger partial charge in [-0.15, -0.1) is 0 Å². The summed E-state index contributed by atoms with van der Waals surface area (Å²) in [6.07, 6.45) is 4.14. The second-order valence-corrected chi connectivity index (χ2v) is 5.47. The van der Waals surface area contributed by atoms with Gasteiger partial charge in [0.2, 0.25) is 5.91 Å². The molecule has 1 aromatic carbocycles. The van der Waals surface area contributed by atoms with E-state index >= 15 is 0 Å². The molecular weight excluding hydrogens is 338 g/mol. The number of carbonyl (C=O) groups is 2. The first-order valence-electron chi connectivity index (χ1n) is 7.98. The van der Waals surface area contributed by atoms with Crippen LogP contribution in [0.4, 0.5) is 5.88 Å². The molecule has 8 nitrogen and oxygen atoms in total. The smallest absolute Gasteiger partial charge is 0.395 e. The Labute approximate surface area is 150 Å². The molecule has 0 bridgehead atoms. The van der Waals surface area contributed by atoms with Gasteiger partial charge < -0.3 is 15.1 Å². The Hall–Kier alpha value is -3.42. The van der Waals surface area contributed by atoms with Gasteiger partial charge in [0.05, 0.1) is 6.07 Å². The van der Waals surface area contributed by atoms with Gasteiger partial charge >= 0.3 is 5.88 Å². The molecule has 1 aromatic heterocycles. The zero-order valence-electron chi connectivity index (χ0n) is 14.2. The standard InChI is InChI=1S/C18H19N3O5/c1-19-16(22)11-9-14(8-7-13-5-3-2-4-6-13)20-18(23)15-10-12-17(26-15)21(24)25/h2-6,9-12,14H,7-8H2,1H3,(H,19,22)(H,20,23)/b11-9+/t14-/m0/s1. The van der Waals surface area contributed by atoms with Crippen LogP contribution in [0.1, 0.15) is 22.5 Å². The number of furan rings is 1. The molecule has 0 aliphatic heterocycles. The molecule has 0 unspecified atom stereocenters. The molecule has 26 heavy (non-hydrogen) atoms. The molecule has 1 heterocycles. The van der Waals surface area contributed by atoms with Crippen molar-refractivity contribution in [2.24, 2.45) is 0 Å². The van der Waals surface area contributed by atoms with E-state index < -0.39 is 22.8 Å². The van der Waals surface area contributed by atoms with E-state index in [-0.39, 0.29) is 11.7 Å². The number of nitrogens with zero attached hydrogens (tertiary/aromatic N) is 1. The van der Waals surface area contributed by atoms with E-state index in [0.29, 0.717) is 12.8 Å². The van der Waals surface area contributed by atoms with Gasteiger partial charge in [-0.2, -0.15) is 0 Å². The average Bonchev–Trinajstić information content (AvgIpc) is 3.15. The Morgan fingerprint density at radius 1 is 1.23 bits per heavy atom. The van der Waals surface area contributed by atoms with Crippen LogP contribution in [0.5, 0.6) is 0 Å². The maximum atomic E-state index is 12.3. The van der Waals surface area contributed by atoms with Gasteiger partial charge in [0.1, 0.15) is 4.92 Å². The fourth-order valence-corrected chi connectivity index (χ4v) is 2.26. The number of amides is 2. The van der Waals surface area contributed by atoms with Crippen LogP contribution in [-0.4, -0.2) is 29.8 Å². The lowest BCUT2D eigenvalue weighted by Gasteiger charge is -2.14. The molecule has 0 aliphatic rings. The Morgan fingerprint density at radius 3 is 2.58 bits per heavy atom. The molecule has 2 rings (SSSR count). The van der Waals surface area contributed by atoms with Crippen molar-refractivity contribution in [3.05, 3.63) is 76.1 Å². The topological polar surface area (TPSA) is 114 Å². The minimum Gasteiger partial charge on any atom is -0.395 e. The number of hydrogen-bond donors (Lipinski definition) is 2. The van der Waals surface area contributed by atoms with E-state index in [4.69, 9.17) is 4.42 Å². The molecule has 8 heteroatoms. The van der Waals surface area contributed by atoms with E-state index in [0.717, 1.165) is 11.6 Å². The van der Waals surface area contributed by atoms with Crippen LogP contribution in [0.2, 0.25) is 0 Å². The maximum absolute atomic E-state index is 12.3. The summed E-state index contributed by atoms with van der Waals surface area (Å²) < 4.78 is 4.90. The summed E-state index contributed by atoms with van der Waals surface area (Å²) in [6.45, 7) is 0. The van der Waals surface area contributed by atoms with Gasteiger partial charge in [0, 0.05) is 19.2 Å². The van der Waals surface area contributed by atoms with Crippen LogP contribution < -0.4 is 10.6 Å². The SMILES string of the molecule is CNC(=O)/C=C/[C@H](CCc1ccccc1)NC(=O)c1ccc([N+](=O)[O-])o1. The summed E-state index contributed by atoms with van der Waals surface area (Å²) >= 11 is 0. The third-order valence-electron chi connectivity index (χ3n) is 3.63. The van der Waals surface area contributed by atoms with Gasteiger partial charge in [-0.3, -0.25) is 19.7 Å². The van der Waals surface area contributed by atoms with E-state index in [1.807, 2.05) is 30.3 Å². The number of aryl methyl sites for hydroxylation is 1. The third kappa shape index (κ3) is 5.59. The van der Waals surface area contributed by atoms with Crippen molar-refractivity contribution in [3.63, 3.8) is 0 Å². The van der Waals surface area contributed by atoms with Crippen molar-refractivity contribution in [3.8, 4) is 0 Å². The van der Waals surface area contributed by atoms with E-state index in [2.05, 4.69) is 10.6 Å². The van der Waals surface area contributed by atoms with Crippen molar-refractivity contribution >= 4 is 17.7 Å². The minimum atomic E-state index is -0.713. The first-order valence-corrected chi connectivity index (χ1v) is 7.98. The average molecular weight is 357 g/mol. The second-order valence-electron chi connectivity index (χ2n) is 5.47. The summed E-state index contributed by atoms with van der Waals surface area (Å²) in [5, 5.41) is 15.8. The van der Waals surface area contributed by atoms with Crippen LogP contribution in [-0.2, 0) is 11.2 Å². The van der Waals surface area contributed by atoms with Crippen molar-refractivity contribution in [1.29, 1.82) is 0 Å². The van der Waals surface area contributed by atoms with Crippen LogP contribution >= 0.6 is 0 Å². The molecule has 0 spiro atoms. The van der Waals surface area contributed by atoms with Gasteiger partial charge in [-0.25, -0.2) is 0 Å². The van der Waals surface area contributed by atoms with Gasteiger partial charge in [0.15, 0.2) is 5.76 Å². The largest absolute Gasteiger partial charge is 0.433 e. The van der Waals surface area contributed by atoms with E-state index in [1.54, 1.807) is 6.08 Å². The quantitative estimate of drug-likeness (QED) is 0.427. The molecule has 136 valence electrons. The Morgan fingerprint density at radius 2 is 1.96 bits per heavy atom. The number of hydrogen-bond acceptors (Lipinski definition) is 5. The fourth-order valence-electron chi connectivity index (χ4n) is 2.26. The van der Waals surface area contributed by atoms with Crippen LogP contribution in [0.25, 0.3) is 0 Å². The predicted octanol–water partition coefficient (Wildman–Crippen LogP) is 2.22. The van der Waals surface area contributed by atoms with Crippen LogP contribution in [0.3, 0.4) is 0 Å². The summed E-state index contributed by atoms with van der Waals surface area (Å²) in [5.41, 5.74) is 1.09. The lowest BCUT2D eigenvalue weighted by molar-refractivity contribution is -0.402. The molecule has 1 atom stereocenters. The molecule has 0 fully saturated rings. The predicted molar refractivity (Wildman–Crippen MR) is 94.6 cm³/mol. The molecule has 2 N–H and O–H groups in total. The molecular formula is C18H19N3O5. The molecule has 2 aromatic rings. The first kappa shape index (κ1) is 18.9. The normalized spacial score (nSPS) is 11.9. The van der Waals surface area contributed by atoms with Crippen molar-refractivity contribution in [1.82, 2.24) is 10.6 Å². The molecule has 0 saturated carbocycles. The number of nitrogens with one attached hydrogen (secondary N) is 2. The van der Waals surface area contributed by atoms with Crippen LogP contribution in [0.15, 0.2) is 59.0 Å². The van der Waals surface area contributed by atoms with Gasteiger partial charge in [-0.05, 0) is 24.5 Å². The first-order chi connectivity index (χ1) is 12.5. The summed E-state index contributed by atoms with van der Waals surface area (Å²) in [5.74, 6) is -1.54. The van der Waals surface area contributed by atoms with Gasteiger partial charge in [0.25, 0.3) is 5.91 Å². The number of benzene rings is 1. The lowest BCUT2D eigenvalue weighted by Crippen LogP contribution is -2.34. The highest BCUT2D eigenvalue weighted by atomic mass is 16.6. The molecule has 0 saturated heterocycles. The number of carbonyl (C=O) groups excluding carboxylic acids is 2. The second kappa shape index (κ2) is 9.16.